The third kappa shape index (κ3) is 2.95. The Hall–Kier alpha value is -3.55. The van der Waals surface area contributed by atoms with Crippen LogP contribution in [-0.2, 0) is 13.5 Å². The number of amides is 1. The van der Waals surface area contributed by atoms with Gasteiger partial charge in [0.15, 0.2) is 5.69 Å². The number of halogens is 1. The van der Waals surface area contributed by atoms with E-state index in [0.29, 0.717) is 24.3 Å². The summed E-state index contributed by atoms with van der Waals surface area (Å²) in [6, 6.07) is 12.1. The fraction of sp³-hybridized carbons (Fsp3) is 0.158. The number of anilines is 1. The first-order chi connectivity index (χ1) is 12.9. The molecule has 0 fully saturated rings. The zero-order chi connectivity index (χ0) is 19.1. The summed E-state index contributed by atoms with van der Waals surface area (Å²) >= 11 is 0. The minimum Gasteiger partial charge on any atom is -0.306 e. The van der Waals surface area contributed by atoms with E-state index in [2.05, 4.69) is 5.10 Å². The third-order valence-corrected chi connectivity index (χ3v) is 4.66. The summed E-state index contributed by atoms with van der Waals surface area (Å²) in [6.07, 6.45) is 0.636. The average Bonchev–Trinajstić information content (AvgIpc) is 3.25. The maximum absolute atomic E-state index is 13.1. The van der Waals surface area contributed by atoms with Crippen molar-refractivity contribution in [2.24, 2.45) is 7.05 Å². The number of carbonyl (C=O) groups is 1. The van der Waals surface area contributed by atoms with Crippen LogP contribution in [-0.4, -0.2) is 27.2 Å². The number of carbonyl (C=O) groups excluding carboxylic acids is 1. The van der Waals surface area contributed by atoms with Gasteiger partial charge in [-0.1, -0.05) is 6.07 Å². The highest BCUT2D eigenvalue weighted by Gasteiger charge is 2.29. The Morgan fingerprint density at radius 2 is 1.93 bits per heavy atom. The Morgan fingerprint density at radius 1 is 1.19 bits per heavy atom. The molecule has 0 saturated carbocycles. The molecule has 4 rings (SSSR count). The van der Waals surface area contributed by atoms with Gasteiger partial charge in [0, 0.05) is 25.7 Å². The number of fused-ring (bicyclic) bond motifs is 1. The van der Waals surface area contributed by atoms with Crippen molar-refractivity contribution in [2.75, 3.05) is 11.4 Å². The maximum atomic E-state index is 13.1. The molecule has 27 heavy (non-hydrogen) atoms. The average molecular weight is 366 g/mol. The van der Waals surface area contributed by atoms with Crippen LogP contribution < -0.4 is 4.90 Å². The normalized spacial score (nSPS) is 12.9. The van der Waals surface area contributed by atoms with Gasteiger partial charge in [-0.3, -0.25) is 19.6 Å². The largest absolute Gasteiger partial charge is 0.306 e. The molecular formula is C19H15FN4O3. The van der Waals surface area contributed by atoms with Crippen LogP contribution in [0.3, 0.4) is 0 Å². The molecule has 136 valence electrons. The van der Waals surface area contributed by atoms with E-state index in [4.69, 9.17) is 0 Å². The summed E-state index contributed by atoms with van der Waals surface area (Å²) in [6.45, 7) is 0.442. The Morgan fingerprint density at radius 3 is 2.63 bits per heavy atom. The van der Waals surface area contributed by atoms with E-state index in [1.54, 1.807) is 36.0 Å². The van der Waals surface area contributed by atoms with Crippen molar-refractivity contribution in [3.63, 3.8) is 0 Å². The van der Waals surface area contributed by atoms with Crippen molar-refractivity contribution < 1.29 is 14.1 Å². The highest BCUT2D eigenvalue weighted by molar-refractivity contribution is 6.06. The van der Waals surface area contributed by atoms with Crippen LogP contribution in [0.15, 0.2) is 48.5 Å². The number of rotatable bonds is 3. The fourth-order valence-corrected chi connectivity index (χ4v) is 3.29. The van der Waals surface area contributed by atoms with E-state index in [1.165, 1.54) is 29.2 Å². The van der Waals surface area contributed by atoms with E-state index in [9.17, 15) is 19.3 Å². The summed E-state index contributed by atoms with van der Waals surface area (Å²) in [5.41, 5.74) is 3.03. The van der Waals surface area contributed by atoms with Crippen molar-refractivity contribution in [2.45, 2.75) is 6.42 Å². The lowest BCUT2D eigenvalue weighted by molar-refractivity contribution is -0.384. The molecule has 1 aromatic heterocycles. The lowest BCUT2D eigenvalue weighted by Crippen LogP contribution is -2.29. The first-order valence-electron chi connectivity index (χ1n) is 8.33. The second-order valence-corrected chi connectivity index (χ2v) is 6.32. The number of nitrogens with zero attached hydrogens (tertiary/aromatic N) is 4. The lowest BCUT2D eigenvalue weighted by atomic mass is 10.1. The highest BCUT2D eigenvalue weighted by atomic mass is 19.1. The molecule has 3 aromatic rings. The predicted molar refractivity (Wildman–Crippen MR) is 97.1 cm³/mol. The van der Waals surface area contributed by atoms with Gasteiger partial charge in [0.05, 0.1) is 16.3 Å². The molecule has 0 bridgehead atoms. The second kappa shape index (κ2) is 6.31. The molecule has 1 amide bonds. The van der Waals surface area contributed by atoms with Crippen molar-refractivity contribution in [1.82, 2.24) is 9.78 Å². The molecule has 1 aliphatic heterocycles. The van der Waals surface area contributed by atoms with E-state index >= 15 is 0 Å². The Kier molecular flexibility index (Phi) is 3.95. The Balaban J connectivity index is 1.67. The fourth-order valence-electron chi connectivity index (χ4n) is 3.29. The highest BCUT2D eigenvalue weighted by Crippen LogP contribution is 2.33. The number of aromatic nitrogens is 2. The molecule has 7 nitrogen and oxygen atoms in total. The third-order valence-electron chi connectivity index (χ3n) is 4.66. The Labute approximate surface area is 153 Å². The zero-order valence-corrected chi connectivity index (χ0v) is 14.4. The number of non-ortho nitro benzene ring substituents is 1. The quantitative estimate of drug-likeness (QED) is 0.526. The molecule has 0 spiro atoms. The van der Waals surface area contributed by atoms with Gasteiger partial charge >= 0.3 is 0 Å². The molecule has 0 aliphatic carbocycles. The number of benzene rings is 2. The second-order valence-electron chi connectivity index (χ2n) is 6.32. The molecule has 0 atom stereocenters. The van der Waals surface area contributed by atoms with E-state index in [1.807, 2.05) is 0 Å². The Bertz CT molecular complexity index is 1060. The number of aryl methyl sites for hydroxylation is 1. The molecule has 8 heteroatoms. The molecule has 0 saturated heterocycles. The van der Waals surface area contributed by atoms with E-state index < -0.39 is 4.92 Å². The van der Waals surface area contributed by atoms with E-state index in [-0.39, 0.29) is 23.1 Å². The van der Waals surface area contributed by atoms with Gasteiger partial charge in [0.1, 0.15) is 5.82 Å². The molecular weight excluding hydrogens is 351 g/mol. The molecule has 1 aliphatic rings. The zero-order valence-electron chi connectivity index (χ0n) is 14.4. The van der Waals surface area contributed by atoms with Crippen LogP contribution in [0, 0.1) is 15.9 Å². The van der Waals surface area contributed by atoms with Gasteiger partial charge in [0.2, 0.25) is 0 Å². The minimum atomic E-state index is -0.478. The maximum Gasteiger partial charge on any atom is 0.278 e. The van der Waals surface area contributed by atoms with Gasteiger partial charge in [-0.15, -0.1) is 0 Å². The van der Waals surface area contributed by atoms with Gasteiger partial charge in [-0.25, -0.2) is 4.39 Å². The number of hydrogen-bond acceptors (Lipinski definition) is 4. The van der Waals surface area contributed by atoms with Gasteiger partial charge < -0.3 is 4.90 Å². The SMILES string of the molecule is Cn1nc(C(=O)N2CCc3ccc([N+](=O)[O-])cc32)cc1-c1ccc(F)cc1. The molecule has 0 radical (unpaired) electrons. The summed E-state index contributed by atoms with van der Waals surface area (Å²) in [5.74, 6) is -0.661. The van der Waals surface area contributed by atoms with Crippen LogP contribution in [0.5, 0.6) is 0 Å². The summed E-state index contributed by atoms with van der Waals surface area (Å²) in [5, 5.41) is 15.3. The smallest absolute Gasteiger partial charge is 0.278 e. The first kappa shape index (κ1) is 16.9. The predicted octanol–water partition coefficient (Wildman–Crippen LogP) is 3.34. The van der Waals surface area contributed by atoms with Crippen molar-refractivity contribution >= 4 is 17.3 Å². The topological polar surface area (TPSA) is 81.3 Å². The summed E-state index contributed by atoms with van der Waals surface area (Å²) in [7, 11) is 1.71. The number of nitro groups is 1. The van der Waals surface area contributed by atoms with Gasteiger partial charge in [0.25, 0.3) is 11.6 Å². The first-order valence-corrected chi connectivity index (χ1v) is 8.33. The van der Waals surface area contributed by atoms with Crippen LogP contribution in [0.2, 0.25) is 0 Å². The monoisotopic (exact) mass is 366 g/mol. The van der Waals surface area contributed by atoms with Crippen LogP contribution in [0.25, 0.3) is 11.3 Å². The van der Waals surface area contributed by atoms with Crippen LogP contribution >= 0.6 is 0 Å². The molecule has 2 heterocycles. The summed E-state index contributed by atoms with van der Waals surface area (Å²) < 4.78 is 14.7. The minimum absolute atomic E-state index is 0.0542. The van der Waals surface area contributed by atoms with Crippen molar-refractivity contribution in [1.29, 1.82) is 0 Å². The van der Waals surface area contributed by atoms with Crippen LogP contribution in [0.1, 0.15) is 16.1 Å². The van der Waals surface area contributed by atoms with Gasteiger partial charge in [-0.2, -0.15) is 5.10 Å². The lowest BCUT2D eigenvalue weighted by Gasteiger charge is -2.15. The molecule has 0 N–H and O–H groups in total. The van der Waals surface area contributed by atoms with Crippen molar-refractivity contribution in [3.05, 3.63) is 75.7 Å². The molecule has 2 aromatic carbocycles. The van der Waals surface area contributed by atoms with Crippen molar-refractivity contribution in [3.8, 4) is 11.3 Å². The summed E-state index contributed by atoms with van der Waals surface area (Å²) in [4.78, 5) is 25.0. The van der Waals surface area contributed by atoms with Crippen LogP contribution in [0.4, 0.5) is 15.8 Å². The standard InChI is InChI=1S/C19H15FN4O3/c1-22-17(12-2-5-14(20)6-3-12)11-16(21-22)19(25)23-9-8-13-4-7-15(24(26)27)10-18(13)23/h2-7,10-11H,8-9H2,1H3. The molecule has 0 unspecified atom stereocenters. The van der Waals surface area contributed by atoms with Gasteiger partial charge in [-0.05, 0) is 47.9 Å². The number of nitro benzene ring substituents is 1. The number of hydrogen-bond donors (Lipinski definition) is 0. The van der Waals surface area contributed by atoms with E-state index in [0.717, 1.165) is 11.1 Å².